The van der Waals surface area contributed by atoms with Gasteiger partial charge in [-0.1, -0.05) is 13.3 Å². The molecule has 1 atom stereocenters. The van der Waals surface area contributed by atoms with E-state index in [1.54, 1.807) is 0 Å². The van der Waals surface area contributed by atoms with Crippen molar-refractivity contribution in [3.05, 3.63) is 0 Å². The van der Waals surface area contributed by atoms with Gasteiger partial charge < -0.3 is 15.4 Å². The third-order valence-corrected chi connectivity index (χ3v) is 3.60. The molecule has 0 amide bonds. The molecule has 6 heteroatoms. The Labute approximate surface area is 114 Å². The second-order valence-corrected chi connectivity index (χ2v) is 4.90. The molecule has 106 valence electrons. The summed E-state index contributed by atoms with van der Waals surface area (Å²) in [6, 6.07) is 0.321. The van der Waals surface area contributed by atoms with E-state index in [4.69, 9.17) is 10.5 Å². The van der Waals surface area contributed by atoms with E-state index in [9.17, 15) is 0 Å². The molecule has 2 N–H and O–H groups in total. The predicted octanol–water partition coefficient (Wildman–Crippen LogP) is 1.87. The number of hydrogen-bond acceptors (Lipinski definition) is 6. The maximum atomic E-state index is 5.72. The van der Waals surface area contributed by atoms with Gasteiger partial charge in [0.05, 0.1) is 6.61 Å². The molecule has 1 fully saturated rings. The lowest BCUT2D eigenvalue weighted by Gasteiger charge is -2.20. The maximum absolute atomic E-state index is 5.72. The summed E-state index contributed by atoms with van der Waals surface area (Å²) in [4.78, 5) is 14.7. The summed E-state index contributed by atoms with van der Waals surface area (Å²) in [6.07, 6.45) is 4.89. The number of ether oxygens (including phenoxy) is 1. The third kappa shape index (κ3) is 3.68. The van der Waals surface area contributed by atoms with E-state index < -0.39 is 0 Å². The fourth-order valence-electron chi connectivity index (χ4n) is 2.47. The highest BCUT2D eigenvalue weighted by atomic mass is 16.5. The normalized spacial score (nSPS) is 20.1. The molecule has 6 nitrogen and oxygen atoms in total. The lowest BCUT2D eigenvalue weighted by molar-refractivity contribution is 0.312. The SMILES string of the molecule is CCOc1nc(N)nc(N2CCCC(CC)CC2)n1. The summed E-state index contributed by atoms with van der Waals surface area (Å²) >= 11 is 0. The molecule has 0 bridgehead atoms. The number of aromatic nitrogens is 3. The Morgan fingerprint density at radius 3 is 2.79 bits per heavy atom. The molecule has 1 unspecified atom stereocenters. The monoisotopic (exact) mass is 265 g/mol. The Kier molecular flexibility index (Phi) is 4.76. The molecule has 0 saturated carbocycles. The quantitative estimate of drug-likeness (QED) is 0.895. The van der Waals surface area contributed by atoms with Crippen molar-refractivity contribution < 1.29 is 4.74 Å². The standard InChI is InChI=1S/C13H23N5O/c1-3-10-6-5-8-18(9-7-10)12-15-11(14)16-13(17-12)19-4-2/h10H,3-9H2,1-2H3,(H2,14,15,16,17). The van der Waals surface area contributed by atoms with Crippen LogP contribution in [0.3, 0.4) is 0 Å². The van der Waals surface area contributed by atoms with E-state index >= 15 is 0 Å². The van der Waals surface area contributed by atoms with Gasteiger partial charge in [0.1, 0.15) is 0 Å². The van der Waals surface area contributed by atoms with Gasteiger partial charge in [-0.3, -0.25) is 0 Å². The number of rotatable bonds is 4. The third-order valence-electron chi connectivity index (χ3n) is 3.60. The first-order valence-electron chi connectivity index (χ1n) is 7.12. The first-order chi connectivity index (χ1) is 9.22. The van der Waals surface area contributed by atoms with Crippen molar-refractivity contribution >= 4 is 11.9 Å². The van der Waals surface area contributed by atoms with Gasteiger partial charge in [-0.05, 0) is 32.1 Å². The van der Waals surface area contributed by atoms with Crippen molar-refractivity contribution in [2.45, 2.75) is 39.5 Å². The molecule has 2 rings (SSSR count). The molecular formula is C13H23N5O. The first-order valence-corrected chi connectivity index (χ1v) is 7.12. The van der Waals surface area contributed by atoms with Gasteiger partial charge in [0.15, 0.2) is 0 Å². The van der Waals surface area contributed by atoms with Crippen LogP contribution in [0.1, 0.15) is 39.5 Å². The summed E-state index contributed by atoms with van der Waals surface area (Å²) in [5.74, 6) is 1.69. The van der Waals surface area contributed by atoms with Gasteiger partial charge in [-0.15, -0.1) is 0 Å². The summed E-state index contributed by atoms with van der Waals surface area (Å²) in [7, 11) is 0. The van der Waals surface area contributed by atoms with Gasteiger partial charge in [-0.25, -0.2) is 0 Å². The van der Waals surface area contributed by atoms with Crippen LogP contribution < -0.4 is 15.4 Å². The number of nitrogens with zero attached hydrogens (tertiary/aromatic N) is 4. The van der Waals surface area contributed by atoms with Crippen LogP contribution in [-0.4, -0.2) is 34.6 Å². The largest absolute Gasteiger partial charge is 0.464 e. The molecule has 0 radical (unpaired) electrons. The van der Waals surface area contributed by atoms with E-state index in [2.05, 4.69) is 26.8 Å². The molecular weight excluding hydrogens is 242 g/mol. The Balaban J connectivity index is 2.12. The predicted molar refractivity (Wildman–Crippen MR) is 75.3 cm³/mol. The fourth-order valence-corrected chi connectivity index (χ4v) is 2.47. The van der Waals surface area contributed by atoms with Crippen molar-refractivity contribution in [3.8, 4) is 6.01 Å². The van der Waals surface area contributed by atoms with Gasteiger partial charge in [0.25, 0.3) is 0 Å². The average molecular weight is 265 g/mol. The van der Waals surface area contributed by atoms with Crippen LogP contribution in [0.2, 0.25) is 0 Å². The van der Waals surface area contributed by atoms with Gasteiger partial charge in [0, 0.05) is 13.1 Å². The molecule has 0 spiro atoms. The summed E-state index contributed by atoms with van der Waals surface area (Å²) in [6.45, 7) is 6.64. The second kappa shape index (κ2) is 6.54. The van der Waals surface area contributed by atoms with Crippen LogP contribution >= 0.6 is 0 Å². The van der Waals surface area contributed by atoms with E-state index in [1.807, 2.05) is 6.92 Å². The Morgan fingerprint density at radius 2 is 2.05 bits per heavy atom. The Hall–Kier alpha value is -1.59. The minimum Gasteiger partial charge on any atom is -0.464 e. The number of nitrogen functional groups attached to an aromatic ring is 1. The number of hydrogen-bond donors (Lipinski definition) is 1. The zero-order valence-corrected chi connectivity index (χ0v) is 11.8. The van der Waals surface area contributed by atoms with Crippen molar-refractivity contribution in [2.24, 2.45) is 5.92 Å². The lowest BCUT2D eigenvalue weighted by atomic mass is 9.98. The molecule has 1 saturated heterocycles. The minimum absolute atomic E-state index is 0.227. The summed E-state index contributed by atoms with van der Waals surface area (Å²) in [5.41, 5.74) is 5.72. The van der Waals surface area contributed by atoms with E-state index in [0.717, 1.165) is 19.0 Å². The molecule has 1 aliphatic heterocycles. The van der Waals surface area contributed by atoms with Crippen LogP contribution in [0, 0.1) is 5.92 Å². The van der Waals surface area contributed by atoms with Gasteiger partial charge >= 0.3 is 6.01 Å². The van der Waals surface area contributed by atoms with Crippen LogP contribution in [-0.2, 0) is 0 Å². The highest BCUT2D eigenvalue weighted by Crippen LogP contribution is 2.23. The number of nitrogens with two attached hydrogens (primary N) is 1. The average Bonchev–Trinajstić information content (AvgIpc) is 2.63. The second-order valence-electron chi connectivity index (χ2n) is 4.90. The highest BCUT2D eigenvalue weighted by Gasteiger charge is 2.19. The van der Waals surface area contributed by atoms with Crippen molar-refractivity contribution in [2.75, 3.05) is 30.3 Å². The Morgan fingerprint density at radius 1 is 1.21 bits per heavy atom. The van der Waals surface area contributed by atoms with Crippen LogP contribution in [0.4, 0.5) is 11.9 Å². The first kappa shape index (κ1) is 13.8. The smallest absolute Gasteiger partial charge is 0.323 e. The molecule has 2 heterocycles. The molecule has 1 aromatic rings. The molecule has 0 aliphatic carbocycles. The molecule has 1 aromatic heterocycles. The lowest BCUT2D eigenvalue weighted by Crippen LogP contribution is -2.27. The van der Waals surface area contributed by atoms with Crippen LogP contribution in [0.25, 0.3) is 0 Å². The minimum atomic E-state index is 0.227. The number of anilines is 2. The van der Waals surface area contributed by atoms with Crippen molar-refractivity contribution in [3.63, 3.8) is 0 Å². The molecule has 19 heavy (non-hydrogen) atoms. The van der Waals surface area contributed by atoms with Gasteiger partial charge in [-0.2, -0.15) is 15.0 Å². The zero-order valence-electron chi connectivity index (χ0n) is 11.8. The molecule has 0 aromatic carbocycles. The highest BCUT2D eigenvalue weighted by molar-refractivity contribution is 5.36. The molecule has 1 aliphatic rings. The maximum Gasteiger partial charge on any atom is 0.323 e. The van der Waals surface area contributed by atoms with E-state index in [1.165, 1.54) is 25.7 Å². The fraction of sp³-hybridized carbons (Fsp3) is 0.769. The summed E-state index contributed by atoms with van der Waals surface area (Å²) in [5, 5.41) is 0. The van der Waals surface area contributed by atoms with Crippen LogP contribution in [0.15, 0.2) is 0 Å². The summed E-state index contributed by atoms with van der Waals surface area (Å²) < 4.78 is 5.32. The zero-order chi connectivity index (χ0) is 13.7. The Bertz CT molecular complexity index is 412. The van der Waals surface area contributed by atoms with Crippen molar-refractivity contribution in [1.82, 2.24) is 15.0 Å². The topological polar surface area (TPSA) is 77.2 Å². The van der Waals surface area contributed by atoms with E-state index in [0.29, 0.717) is 18.6 Å². The van der Waals surface area contributed by atoms with Crippen molar-refractivity contribution in [1.29, 1.82) is 0 Å². The van der Waals surface area contributed by atoms with E-state index in [-0.39, 0.29) is 5.95 Å². The van der Waals surface area contributed by atoms with Gasteiger partial charge in [0.2, 0.25) is 11.9 Å². The van der Waals surface area contributed by atoms with Crippen LogP contribution in [0.5, 0.6) is 6.01 Å².